The van der Waals surface area contributed by atoms with E-state index in [-0.39, 0.29) is 13.6 Å². The molecule has 1 amide bonds. The molecule has 2 aromatic carbocycles. The quantitative estimate of drug-likeness (QED) is 0.692. The number of ether oxygens (including phenoxy) is 2. The Morgan fingerprint density at radius 2 is 2.03 bits per heavy atom. The van der Waals surface area contributed by atoms with Gasteiger partial charge >= 0.3 is 6.09 Å². The third kappa shape index (κ3) is 3.51. The number of carbonyl (C=O) groups is 1. The van der Waals surface area contributed by atoms with E-state index in [9.17, 15) is 9.00 Å². The van der Waals surface area contributed by atoms with Crippen LogP contribution in [0.2, 0.25) is 0 Å². The lowest BCUT2D eigenvalue weighted by Gasteiger charge is -2.35. The molecule has 7 heteroatoms. The number of nitrogens with zero attached hydrogens (tertiary/aromatic N) is 1. The van der Waals surface area contributed by atoms with Gasteiger partial charge in [-0.25, -0.2) is 4.79 Å². The highest BCUT2D eigenvalue weighted by atomic mass is 32.2. The Morgan fingerprint density at radius 3 is 2.69 bits per heavy atom. The maximum absolute atomic E-state index is 12.7. The van der Waals surface area contributed by atoms with Crippen LogP contribution in [0.5, 0.6) is 5.75 Å². The summed E-state index contributed by atoms with van der Waals surface area (Å²) in [4.78, 5) is 18.8. The predicted octanol–water partition coefficient (Wildman–Crippen LogP) is 4.26. The monoisotopic (exact) mass is 414 g/mol. The number of H-pyrrole nitrogens is 1. The summed E-state index contributed by atoms with van der Waals surface area (Å²) in [5.74, 6) is 0.763. The number of aromatic nitrogens is 1. The highest BCUT2D eigenvalue weighted by Gasteiger charge is 2.35. The maximum atomic E-state index is 12.7. The minimum Gasteiger partial charge on any atom is -0.497 e. The Kier molecular flexibility index (Phi) is 5.32. The number of nitrogens with one attached hydrogen (secondary N) is 1. The van der Waals surface area contributed by atoms with Gasteiger partial charge in [0.15, 0.2) is 0 Å². The van der Waals surface area contributed by atoms with Gasteiger partial charge in [-0.1, -0.05) is 12.1 Å². The molecular formula is C22H26N2O4S. The Balaban J connectivity index is 0.00000256. The summed E-state index contributed by atoms with van der Waals surface area (Å²) in [7, 11) is 0.583. The molecule has 154 valence electrons. The molecule has 1 N–H and O–H groups in total. The third-order valence-corrected chi connectivity index (χ3v) is 6.28. The molecule has 1 aromatic heterocycles. The molecule has 0 radical (unpaired) electrons. The summed E-state index contributed by atoms with van der Waals surface area (Å²) in [6, 6.07) is 13.3. The van der Waals surface area contributed by atoms with E-state index in [2.05, 4.69) is 4.98 Å². The zero-order valence-electron chi connectivity index (χ0n) is 16.7. The number of fused-ring (bicyclic) bond motifs is 3. The lowest BCUT2D eigenvalue weighted by molar-refractivity contribution is 0.0932. The first-order valence-electron chi connectivity index (χ1n) is 9.58. The first-order valence-corrected chi connectivity index (χ1v) is 11.1. The number of rotatable bonds is 4. The van der Waals surface area contributed by atoms with Crippen LogP contribution in [0.25, 0.3) is 10.9 Å². The van der Waals surface area contributed by atoms with Crippen LogP contribution in [-0.2, 0) is 22.0 Å². The van der Waals surface area contributed by atoms with E-state index in [1.807, 2.05) is 49.4 Å². The van der Waals surface area contributed by atoms with Crippen molar-refractivity contribution in [3.8, 4) is 5.75 Å². The largest absolute Gasteiger partial charge is 0.497 e. The molecule has 2 heterocycles. The molecule has 2 unspecified atom stereocenters. The molecular weight excluding hydrogens is 388 g/mol. The van der Waals surface area contributed by atoms with E-state index in [0.717, 1.165) is 38.4 Å². The molecule has 1 aliphatic heterocycles. The molecule has 3 aromatic rings. The van der Waals surface area contributed by atoms with Gasteiger partial charge in [-0.2, -0.15) is 0 Å². The maximum Gasteiger partial charge on any atom is 0.410 e. The van der Waals surface area contributed by atoms with E-state index in [1.165, 1.54) is 0 Å². The Hall–Kier alpha value is -2.80. The fourth-order valence-electron chi connectivity index (χ4n) is 3.98. The molecule has 2 atom stereocenters. The summed E-state index contributed by atoms with van der Waals surface area (Å²) < 4.78 is 22.6. The van der Waals surface area contributed by atoms with E-state index in [1.54, 1.807) is 18.3 Å². The summed E-state index contributed by atoms with van der Waals surface area (Å²) in [5, 5.41) is 1.06. The highest BCUT2D eigenvalue weighted by molar-refractivity contribution is 7.84. The predicted molar refractivity (Wildman–Crippen MR) is 115 cm³/mol. The molecule has 6 nitrogen and oxygen atoms in total. The minimum atomic E-state index is -1.05. The Morgan fingerprint density at radius 1 is 1.28 bits per heavy atom. The second-order valence-corrected chi connectivity index (χ2v) is 8.38. The number of methoxy groups -OCH3 is 1. The van der Waals surface area contributed by atoms with Crippen LogP contribution >= 0.6 is 0 Å². The molecule has 0 bridgehead atoms. The van der Waals surface area contributed by atoms with Crippen molar-refractivity contribution in [1.29, 1.82) is 0 Å². The number of aromatic amines is 1. The van der Waals surface area contributed by atoms with Crippen molar-refractivity contribution < 1.29 is 19.9 Å². The van der Waals surface area contributed by atoms with Crippen molar-refractivity contribution in [3.05, 3.63) is 59.3 Å². The van der Waals surface area contributed by atoms with Crippen LogP contribution in [0.1, 0.15) is 31.2 Å². The van der Waals surface area contributed by atoms with Crippen molar-refractivity contribution in [2.45, 2.75) is 24.3 Å². The molecule has 1 aliphatic rings. The van der Waals surface area contributed by atoms with Gasteiger partial charge < -0.3 is 14.5 Å². The van der Waals surface area contributed by atoms with Gasteiger partial charge in [-0.3, -0.25) is 9.11 Å². The second kappa shape index (κ2) is 7.91. The van der Waals surface area contributed by atoms with Gasteiger partial charge in [0.05, 0.1) is 13.7 Å². The van der Waals surface area contributed by atoms with E-state index in [4.69, 9.17) is 9.47 Å². The number of benzene rings is 2. The zero-order valence-corrected chi connectivity index (χ0v) is 17.5. The van der Waals surface area contributed by atoms with Crippen LogP contribution in [0.15, 0.2) is 47.4 Å². The second-order valence-electron chi connectivity index (χ2n) is 7.00. The van der Waals surface area contributed by atoms with Gasteiger partial charge in [0.2, 0.25) is 0 Å². The van der Waals surface area contributed by atoms with Crippen molar-refractivity contribution in [2.75, 3.05) is 26.5 Å². The first kappa shape index (κ1) is 19.5. The van der Waals surface area contributed by atoms with Crippen LogP contribution in [-0.4, -0.2) is 46.7 Å². The third-order valence-electron chi connectivity index (χ3n) is 5.36. The van der Waals surface area contributed by atoms with Crippen molar-refractivity contribution in [3.63, 3.8) is 0 Å². The SMILES string of the molecule is CCOC(=O)N1CCc2c([nH]c3ccc(S(C)=O)cc23)C1c1ccc(OC)cc1.[HH]. The molecule has 0 spiro atoms. The molecule has 29 heavy (non-hydrogen) atoms. The van der Waals surface area contributed by atoms with Crippen LogP contribution in [0.3, 0.4) is 0 Å². The summed E-state index contributed by atoms with van der Waals surface area (Å²) in [6.45, 7) is 2.69. The summed E-state index contributed by atoms with van der Waals surface area (Å²) in [6.07, 6.45) is 2.07. The molecule has 4 rings (SSSR count). The van der Waals surface area contributed by atoms with Crippen molar-refractivity contribution >= 4 is 27.8 Å². The molecule has 0 aliphatic carbocycles. The van der Waals surface area contributed by atoms with E-state index < -0.39 is 10.8 Å². The number of hydrogen-bond acceptors (Lipinski definition) is 4. The minimum absolute atomic E-state index is 0. The van der Waals surface area contributed by atoms with Gasteiger partial charge in [-0.15, -0.1) is 0 Å². The lowest BCUT2D eigenvalue weighted by atomic mass is 9.92. The van der Waals surface area contributed by atoms with Crippen LogP contribution in [0.4, 0.5) is 4.79 Å². The summed E-state index contributed by atoms with van der Waals surface area (Å²) in [5.41, 5.74) is 4.09. The van der Waals surface area contributed by atoms with E-state index >= 15 is 0 Å². The lowest BCUT2D eigenvalue weighted by Crippen LogP contribution is -2.40. The molecule has 0 fully saturated rings. The number of hydrogen-bond donors (Lipinski definition) is 1. The summed E-state index contributed by atoms with van der Waals surface area (Å²) >= 11 is 0. The standard InChI is InChI=1S/C22H24N2O4S.H2/c1-4-28-22(25)24-12-11-17-18-13-16(29(3)26)9-10-19(18)23-20(17)21(24)14-5-7-15(27-2)8-6-14;/h5-10,13,21,23H,4,11-12H2,1-3H3;1H. The molecule has 0 saturated carbocycles. The zero-order chi connectivity index (χ0) is 20.5. The van der Waals surface area contributed by atoms with Gasteiger partial charge in [0, 0.05) is 46.5 Å². The average Bonchev–Trinajstić information content (AvgIpc) is 3.11. The Labute approximate surface area is 173 Å². The Bertz CT molecular complexity index is 1080. The normalized spacial score (nSPS) is 17.1. The number of amides is 1. The van der Waals surface area contributed by atoms with E-state index in [0.29, 0.717) is 19.6 Å². The fourth-order valence-corrected chi connectivity index (χ4v) is 4.53. The van der Waals surface area contributed by atoms with Crippen LogP contribution < -0.4 is 4.74 Å². The highest BCUT2D eigenvalue weighted by Crippen LogP contribution is 2.39. The molecule has 0 saturated heterocycles. The topological polar surface area (TPSA) is 71.6 Å². The van der Waals surface area contributed by atoms with Gasteiger partial charge in [0.25, 0.3) is 0 Å². The smallest absolute Gasteiger partial charge is 0.410 e. The van der Waals surface area contributed by atoms with Crippen molar-refractivity contribution in [2.24, 2.45) is 0 Å². The van der Waals surface area contributed by atoms with Gasteiger partial charge in [-0.05, 0) is 54.8 Å². The fraction of sp³-hybridized carbons (Fsp3) is 0.318. The first-order chi connectivity index (χ1) is 14.0. The van der Waals surface area contributed by atoms with Crippen molar-refractivity contribution in [1.82, 2.24) is 9.88 Å². The number of carbonyl (C=O) groups excluding carboxylic acids is 1. The van der Waals surface area contributed by atoms with Gasteiger partial charge in [0.1, 0.15) is 11.8 Å². The van der Waals surface area contributed by atoms with Crippen LogP contribution in [0, 0.1) is 0 Å². The average molecular weight is 415 g/mol.